The summed E-state index contributed by atoms with van der Waals surface area (Å²) in [4.78, 5) is 67.2. The van der Waals surface area contributed by atoms with Crippen LogP contribution in [-0.2, 0) is 30.4 Å². The molecule has 2 aliphatic rings. The molecule has 1 heterocycles. The van der Waals surface area contributed by atoms with E-state index in [-0.39, 0.29) is 61.7 Å². The molecule has 7 N–H and O–H groups in total. The van der Waals surface area contributed by atoms with Gasteiger partial charge in [0.1, 0.15) is 5.78 Å². The van der Waals surface area contributed by atoms with E-state index in [1.807, 2.05) is 61.5 Å². The predicted molar refractivity (Wildman–Crippen MR) is 204 cm³/mol. The number of aryl methyl sites for hydroxylation is 1. The van der Waals surface area contributed by atoms with E-state index < -0.39 is 11.8 Å². The SMILES string of the molecule is Cc1cc(NC(=O)CCC(=O)CNC(=O)CN)ccc1-c1ccc(C[C@H](CC(=O)C2CCC(CN)CC2)C(=O)Nc2ccc(C3=NCN=N3)cc2)cc1. The fourth-order valence-corrected chi connectivity index (χ4v) is 6.72. The Morgan fingerprint density at radius 2 is 1.51 bits per heavy atom. The molecule has 0 unspecified atom stereocenters. The molecule has 0 saturated heterocycles. The fourth-order valence-electron chi connectivity index (χ4n) is 6.72. The number of azo groups is 1. The van der Waals surface area contributed by atoms with Crippen LogP contribution in [0.2, 0.25) is 0 Å². The summed E-state index contributed by atoms with van der Waals surface area (Å²) < 4.78 is 0. The number of nitrogens with one attached hydrogen (secondary N) is 3. The van der Waals surface area contributed by atoms with Gasteiger partial charge < -0.3 is 27.4 Å². The average molecular weight is 721 g/mol. The molecule has 3 aromatic rings. The standard InChI is InChI=1S/C40H48N8O5/c1-25-18-33(46-37(51)17-15-34(49)23-43-38(52)22-42)14-16-35(25)28-6-2-26(3-7-28)19-31(20-36(50)29-8-4-27(21-41)5-9-29)40(53)47-32-12-10-30(11-13-32)39-44-24-45-48-39/h2-3,6-7,10-14,16,18,27,29,31H,4-5,8-9,15,17,19-24,41-42H2,1H3,(H,43,52)(H,46,51)(H,47,53)/t27?,29?,31-/m1/s1. The Balaban J connectivity index is 1.22. The van der Waals surface area contributed by atoms with Gasteiger partial charge in [-0.15, -0.1) is 5.11 Å². The van der Waals surface area contributed by atoms with E-state index in [4.69, 9.17) is 11.5 Å². The fraction of sp³-hybridized carbons (Fsp3) is 0.400. The highest BCUT2D eigenvalue weighted by Crippen LogP contribution is 2.32. The summed E-state index contributed by atoms with van der Waals surface area (Å²) in [6.45, 7) is 2.55. The van der Waals surface area contributed by atoms with E-state index in [2.05, 4.69) is 31.2 Å². The van der Waals surface area contributed by atoms with E-state index >= 15 is 0 Å². The highest BCUT2D eigenvalue weighted by atomic mass is 16.2. The van der Waals surface area contributed by atoms with Crippen LogP contribution in [0, 0.1) is 24.7 Å². The summed E-state index contributed by atoms with van der Waals surface area (Å²) in [5.41, 5.74) is 17.0. The quantitative estimate of drug-likeness (QED) is 0.132. The van der Waals surface area contributed by atoms with E-state index in [0.717, 1.165) is 53.5 Å². The van der Waals surface area contributed by atoms with Crippen molar-refractivity contribution in [1.82, 2.24) is 5.32 Å². The topological polar surface area (TPSA) is 211 Å². The molecule has 1 aliphatic heterocycles. The second-order valence-corrected chi connectivity index (χ2v) is 13.8. The molecule has 0 spiro atoms. The van der Waals surface area contributed by atoms with Crippen molar-refractivity contribution in [2.75, 3.05) is 36.9 Å². The molecule has 1 fully saturated rings. The number of nitrogens with two attached hydrogens (primary N) is 2. The Morgan fingerprint density at radius 3 is 2.15 bits per heavy atom. The van der Waals surface area contributed by atoms with Crippen molar-refractivity contribution in [3.8, 4) is 11.1 Å². The Morgan fingerprint density at radius 1 is 0.811 bits per heavy atom. The molecule has 13 nitrogen and oxygen atoms in total. The lowest BCUT2D eigenvalue weighted by Crippen LogP contribution is -2.34. The van der Waals surface area contributed by atoms with Crippen LogP contribution in [-0.4, -0.2) is 61.4 Å². The molecule has 13 heteroatoms. The second kappa shape index (κ2) is 18.9. The van der Waals surface area contributed by atoms with Gasteiger partial charge in [0.2, 0.25) is 17.7 Å². The van der Waals surface area contributed by atoms with Crippen molar-refractivity contribution >= 4 is 46.5 Å². The van der Waals surface area contributed by atoms with Gasteiger partial charge >= 0.3 is 0 Å². The zero-order chi connectivity index (χ0) is 37.7. The molecule has 278 valence electrons. The van der Waals surface area contributed by atoms with Crippen LogP contribution in [0.1, 0.15) is 61.6 Å². The van der Waals surface area contributed by atoms with Gasteiger partial charge in [-0.05, 0) is 110 Å². The molecule has 1 aliphatic carbocycles. The van der Waals surface area contributed by atoms with Crippen molar-refractivity contribution in [2.24, 2.45) is 44.4 Å². The number of benzene rings is 3. The highest BCUT2D eigenvalue weighted by molar-refractivity contribution is 6.01. The third-order valence-corrected chi connectivity index (χ3v) is 9.87. The monoisotopic (exact) mass is 720 g/mol. The van der Waals surface area contributed by atoms with Crippen molar-refractivity contribution in [2.45, 2.75) is 58.3 Å². The van der Waals surface area contributed by atoms with Crippen LogP contribution in [0.5, 0.6) is 0 Å². The Bertz CT molecular complexity index is 1850. The summed E-state index contributed by atoms with van der Waals surface area (Å²) in [5, 5.41) is 16.2. The minimum Gasteiger partial charge on any atom is -0.348 e. The van der Waals surface area contributed by atoms with Gasteiger partial charge in [0, 0.05) is 48.0 Å². The van der Waals surface area contributed by atoms with Gasteiger partial charge in [-0.1, -0.05) is 30.3 Å². The molecule has 0 radical (unpaired) electrons. The van der Waals surface area contributed by atoms with Gasteiger partial charge in [0.05, 0.1) is 13.1 Å². The average Bonchev–Trinajstić information content (AvgIpc) is 3.72. The van der Waals surface area contributed by atoms with E-state index in [1.165, 1.54) is 0 Å². The number of hydrogen-bond acceptors (Lipinski definition) is 10. The molecular formula is C40H48N8O5. The zero-order valence-corrected chi connectivity index (χ0v) is 30.1. The zero-order valence-electron chi connectivity index (χ0n) is 30.1. The van der Waals surface area contributed by atoms with E-state index in [1.54, 1.807) is 12.1 Å². The smallest absolute Gasteiger partial charge is 0.234 e. The van der Waals surface area contributed by atoms with Gasteiger partial charge in [-0.2, -0.15) is 5.11 Å². The largest absolute Gasteiger partial charge is 0.348 e. The lowest BCUT2D eigenvalue weighted by Gasteiger charge is -2.27. The van der Waals surface area contributed by atoms with Crippen LogP contribution in [0.4, 0.5) is 11.4 Å². The highest BCUT2D eigenvalue weighted by Gasteiger charge is 2.30. The molecule has 1 atom stereocenters. The first-order chi connectivity index (χ1) is 25.6. The first-order valence-electron chi connectivity index (χ1n) is 18.2. The van der Waals surface area contributed by atoms with E-state index in [9.17, 15) is 24.0 Å². The van der Waals surface area contributed by atoms with Crippen LogP contribution < -0.4 is 27.4 Å². The number of carbonyl (C=O) groups excluding carboxylic acids is 5. The molecule has 1 saturated carbocycles. The molecule has 3 amide bonds. The van der Waals surface area contributed by atoms with Crippen molar-refractivity contribution in [1.29, 1.82) is 0 Å². The number of anilines is 2. The number of amidine groups is 1. The third kappa shape index (κ3) is 11.3. The Labute approximate surface area is 309 Å². The van der Waals surface area contributed by atoms with Crippen LogP contribution >= 0.6 is 0 Å². The third-order valence-electron chi connectivity index (χ3n) is 9.87. The van der Waals surface area contributed by atoms with Crippen molar-refractivity contribution in [3.05, 3.63) is 83.4 Å². The summed E-state index contributed by atoms with van der Waals surface area (Å²) >= 11 is 0. The van der Waals surface area contributed by atoms with Crippen LogP contribution in [0.25, 0.3) is 11.1 Å². The van der Waals surface area contributed by atoms with Gasteiger partial charge in [0.25, 0.3) is 0 Å². The molecular weight excluding hydrogens is 672 g/mol. The lowest BCUT2D eigenvalue weighted by molar-refractivity contribution is -0.129. The number of hydrogen-bond donors (Lipinski definition) is 5. The second-order valence-electron chi connectivity index (χ2n) is 13.8. The summed E-state index contributed by atoms with van der Waals surface area (Å²) in [7, 11) is 0. The number of nitrogens with zero attached hydrogens (tertiary/aromatic N) is 3. The maximum Gasteiger partial charge on any atom is 0.234 e. The summed E-state index contributed by atoms with van der Waals surface area (Å²) in [6, 6.07) is 20.9. The first kappa shape index (κ1) is 38.8. The lowest BCUT2D eigenvalue weighted by atomic mass is 9.77. The molecule has 0 bridgehead atoms. The molecule has 53 heavy (non-hydrogen) atoms. The normalized spacial score (nSPS) is 17.1. The Hall–Kier alpha value is -5.40. The minimum absolute atomic E-state index is 0.00415. The Kier molecular flexibility index (Phi) is 13.8. The van der Waals surface area contributed by atoms with Gasteiger partial charge in [-0.3, -0.25) is 24.0 Å². The summed E-state index contributed by atoms with van der Waals surface area (Å²) in [5.74, 6) is -0.650. The molecule has 0 aromatic heterocycles. The number of amides is 3. The van der Waals surface area contributed by atoms with Gasteiger partial charge in [-0.25, -0.2) is 4.99 Å². The minimum atomic E-state index is -0.558. The van der Waals surface area contributed by atoms with Crippen LogP contribution in [0.15, 0.2) is 82.0 Å². The van der Waals surface area contributed by atoms with E-state index in [0.29, 0.717) is 42.8 Å². The van der Waals surface area contributed by atoms with Crippen LogP contribution in [0.3, 0.4) is 0 Å². The number of ketones is 2. The first-order valence-corrected chi connectivity index (χ1v) is 18.2. The summed E-state index contributed by atoms with van der Waals surface area (Å²) in [6.07, 6.45) is 4.06. The number of carbonyl (C=O) groups is 5. The number of Topliss-reactive ketones (excluding diaryl/α,β-unsaturated/α-hetero) is 2. The number of rotatable bonds is 17. The van der Waals surface area contributed by atoms with Crippen molar-refractivity contribution in [3.63, 3.8) is 0 Å². The maximum atomic E-state index is 13.8. The maximum absolute atomic E-state index is 13.8. The molecule has 5 rings (SSSR count). The van der Waals surface area contributed by atoms with Crippen molar-refractivity contribution < 1.29 is 24.0 Å². The number of aliphatic imine (C=N–C) groups is 1. The van der Waals surface area contributed by atoms with Gasteiger partial charge in [0.15, 0.2) is 18.3 Å². The molecule has 3 aromatic carbocycles. The predicted octanol–water partition coefficient (Wildman–Crippen LogP) is 4.72.